The zero-order valence-electron chi connectivity index (χ0n) is 10.6. The molecule has 1 aromatic carbocycles. The van der Waals surface area contributed by atoms with E-state index in [4.69, 9.17) is 4.42 Å². The molecule has 1 heterocycles. The van der Waals surface area contributed by atoms with Gasteiger partial charge in [0, 0.05) is 0 Å². The van der Waals surface area contributed by atoms with E-state index in [0.29, 0.717) is 24.4 Å². The number of hydrogen-bond donors (Lipinski definition) is 2. The van der Waals surface area contributed by atoms with Crippen LogP contribution in [-0.4, -0.2) is 21.6 Å². The van der Waals surface area contributed by atoms with Crippen LogP contribution in [0.5, 0.6) is 0 Å². The summed E-state index contributed by atoms with van der Waals surface area (Å²) in [4.78, 5) is 15.9. The van der Waals surface area contributed by atoms with E-state index >= 15 is 0 Å². The first-order valence-electron chi connectivity index (χ1n) is 6.57. The average Bonchev–Trinajstić information content (AvgIpc) is 2.81. The Kier molecular flexibility index (Phi) is 2.89. The van der Waals surface area contributed by atoms with Gasteiger partial charge in [-0.1, -0.05) is 31.4 Å². The lowest BCUT2D eigenvalue weighted by atomic mass is 9.82. The SMILES string of the molecule is O=C(O)C1(Nc2nc3ccccc3o2)CCCCC1. The number of fused-ring (bicyclic) bond motifs is 1. The van der Waals surface area contributed by atoms with Gasteiger partial charge in [0.15, 0.2) is 5.58 Å². The van der Waals surface area contributed by atoms with Gasteiger partial charge in [-0.3, -0.25) is 0 Å². The second kappa shape index (κ2) is 4.57. The van der Waals surface area contributed by atoms with E-state index in [0.717, 1.165) is 24.8 Å². The number of hydrogen-bond acceptors (Lipinski definition) is 4. The molecule has 0 amide bonds. The molecule has 0 radical (unpaired) electrons. The van der Waals surface area contributed by atoms with Gasteiger partial charge >= 0.3 is 5.97 Å². The van der Waals surface area contributed by atoms with Crippen molar-refractivity contribution in [2.75, 3.05) is 5.32 Å². The van der Waals surface area contributed by atoms with Gasteiger partial charge in [0.05, 0.1) is 0 Å². The molecule has 0 aliphatic heterocycles. The number of benzene rings is 1. The second-order valence-electron chi connectivity index (χ2n) is 5.06. The van der Waals surface area contributed by atoms with Crippen molar-refractivity contribution in [3.05, 3.63) is 24.3 Å². The van der Waals surface area contributed by atoms with Crippen molar-refractivity contribution >= 4 is 23.1 Å². The minimum atomic E-state index is -0.931. The molecule has 100 valence electrons. The van der Waals surface area contributed by atoms with E-state index in [1.165, 1.54) is 0 Å². The molecule has 1 aliphatic carbocycles. The van der Waals surface area contributed by atoms with Crippen molar-refractivity contribution in [3.63, 3.8) is 0 Å². The normalized spacial score (nSPS) is 18.3. The van der Waals surface area contributed by atoms with E-state index in [1.807, 2.05) is 24.3 Å². The Morgan fingerprint density at radius 3 is 2.68 bits per heavy atom. The quantitative estimate of drug-likeness (QED) is 0.887. The van der Waals surface area contributed by atoms with Gasteiger partial charge in [-0.2, -0.15) is 4.98 Å². The topological polar surface area (TPSA) is 75.4 Å². The number of nitrogens with zero attached hydrogens (tertiary/aromatic N) is 1. The smallest absolute Gasteiger partial charge is 0.329 e. The molecule has 2 N–H and O–H groups in total. The van der Waals surface area contributed by atoms with E-state index in [9.17, 15) is 9.90 Å². The zero-order chi connectivity index (χ0) is 13.3. The Morgan fingerprint density at radius 1 is 1.26 bits per heavy atom. The highest BCUT2D eigenvalue weighted by Crippen LogP contribution is 2.32. The molecule has 1 aromatic heterocycles. The summed E-state index contributed by atoms with van der Waals surface area (Å²) in [6.07, 6.45) is 4.14. The number of aliphatic carboxylic acids is 1. The Morgan fingerprint density at radius 2 is 2.00 bits per heavy atom. The first-order valence-corrected chi connectivity index (χ1v) is 6.57. The van der Waals surface area contributed by atoms with Gasteiger partial charge < -0.3 is 14.8 Å². The number of carboxylic acid groups (broad SMARTS) is 1. The monoisotopic (exact) mass is 260 g/mol. The third-order valence-electron chi connectivity index (χ3n) is 3.76. The van der Waals surface area contributed by atoms with Crippen LogP contribution < -0.4 is 5.32 Å². The molecule has 0 spiro atoms. The van der Waals surface area contributed by atoms with Crippen molar-refractivity contribution in [1.82, 2.24) is 4.98 Å². The summed E-state index contributed by atoms with van der Waals surface area (Å²) in [5.74, 6) is -0.825. The van der Waals surface area contributed by atoms with Crippen molar-refractivity contribution in [2.45, 2.75) is 37.6 Å². The fraction of sp³-hybridized carbons (Fsp3) is 0.429. The number of anilines is 1. The summed E-state index contributed by atoms with van der Waals surface area (Å²) >= 11 is 0. The van der Waals surface area contributed by atoms with Gasteiger partial charge in [0.2, 0.25) is 0 Å². The third-order valence-corrected chi connectivity index (χ3v) is 3.76. The number of rotatable bonds is 3. The summed E-state index contributed by atoms with van der Waals surface area (Å²) in [6.45, 7) is 0. The number of carboxylic acids is 1. The molecule has 1 saturated carbocycles. The highest BCUT2D eigenvalue weighted by atomic mass is 16.4. The predicted molar refractivity (Wildman–Crippen MR) is 71.1 cm³/mol. The lowest BCUT2D eigenvalue weighted by molar-refractivity contribution is -0.143. The van der Waals surface area contributed by atoms with Crippen LogP contribution in [0, 0.1) is 0 Å². The van der Waals surface area contributed by atoms with Crippen molar-refractivity contribution in [1.29, 1.82) is 0 Å². The second-order valence-corrected chi connectivity index (χ2v) is 5.06. The van der Waals surface area contributed by atoms with E-state index in [2.05, 4.69) is 10.3 Å². The maximum absolute atomic E-state index is 11.6. The van der Waals surface area contributed by atoms with Gasteiger partial charge in [-0.15, -0.1) is 0 Å². The Hall–Kier alpha value is -2.04. The molecule has 0 atom stereocenters. The van der Waals surface area contributed by atoms with Crippen LogP contribution >= 0.6 is 0 Å². The summed E-state index contributed by atoms with van der Waals surface area (Å²) in [7, 11) is 0. The first-order chi connectivity index (χ1) is 9.20. The fourth-order valence-corrected chi connectivity index (χ4v) is 2.68. The van der Waals surface area contributed by atoms with Crippen LogP contribution in [0.1, 0.15) is 32.1 Å². The Labute approximate surface area is 110 Å². The molecule has 5 heteroatoms. The Balaban J connectivity index is 1.91. The molecule has 0 unspecified atom stereocenters. The number of para-hydroxylation sites is 2. The summed E-state index contributed by atoms with van der Waals surface area (Å²) in [5.41, 5.74) is 0.474. The maximum Gasteiger partial charge on any atom is 0.329 e. The molecule has 1 fully saturated rings. The van der Waals surface area contributed by atoms with Crippen LogP contribution in [0.25, 0.3) is 11.1 Å². The summed E-state index contributed by atoms with van der Waals surface area (Å²) in [5, 5.41) is 12.5. The predicted octanol–water partition coefficient (Wildman–Crippen LogP) is 3.03. The minimum Gasteiger partial charge on any atom is -0.480 e. The van der Waals surface area contributed by atoms with Crippen LogP contribution in [0.15, 0.2) is 28.7 Å². The molecular weight excluding hydrogens is 244 g/mol. The standard InChI is InChI=1S/C14H16N2O3/c17-12(18)14(8-4-1-5-9-14)16-13-15-10-6-2-3-7-11(10)19-13/h2-3,6-7H,1,4-5,8-9H2,(H,15,16)(H,17,18). The Bertz CT molecular complexity index is 567. The molecule has 5 nitrogen and oxygen atoms in total. The maximum atomic E-state index is 11.6. The van der Waals surface area contributed by atoms with Crippen molar-refractivity contribution in [2.24, 2.45) is 0 Å². The van der Waals surface area contributed by atoms with Gasteiger partial charge in [0.25, 0.3) is 6.01 Å². The molecule has 2 aromatic rings. The summed E-state index contributed by atoms with van der Waals surface area (Å²) in [6, 6.07) is 7.71. The molecule has 19 heavy (non-hydrogen) atoms. The zero-order valence-corrected chi connectivity index (χ0v) is 10.6. The van der Waals surface area contributed by atoms with Crippen LogP contribution in [0.4, 0.5) is 6.01 Å². The molecule has 0 bridgehead atoms. The summed E-state index contributed by atoms with van der Waals surface area (Å²) < 4.78 is 5.56. The van der Waals surface area contributed by atoms with E-state index in [-0.39, 0.29) is 0 Å². The number of oxazole rings is 1. The van der Waals surface area contributed by atoms with Crippen LogP contribution in [0.3, 0.4) is 0 Å². The highest BCUT2D eigenvalue weighted by Gasteiger charge is 2.40. The van der Waals surface area contributed by atoms with Gasteiger partial charge in [-0.05, 0) is 25.0 Å². The highest BCUT2D eigenvalue weighted by molar-refractivity contribution is 5.83. The molecular formula is C14H16N2O3. The van der Waals surface area contributed by atoms with Gasteiger partial charge in [-0.25, -0.2) is 4.79 Å². The largest absolute Gasteiger partial charge is 0.480 e. The van der Waals surface area contributed by atoms with Crippen molar-refractivity contribution < 1.29 is 14.3 Å². The number of nitrogens with one attached hydrogen (secondary N) is 1. The first kappa shape index (κ1) is 12.0. The van der Waals surface area contributed by atoms with Gasteiger partial charge in [0.1, 0.15) is 11.1 Å². The lowest BCUT2D eigenvalue weighted by Crippen LogP contribution is -2.47. The van der Waals surface area contributed by atoms with Crippen LogP contribution in [0.2, 0.25) is 0 Å². The molecule has 0 saturated heterocycles. The fourth-order valence-electron chi connectivity index (χ4n) is 2.68. The minimum absolute atomic E-state index is 0.297. The van der Waals surface area contributed by atoms with Crippen LogP contribution in [-0.2, 0) is 4.79 Å². The molecule has 3 rings (SSSR count). The number of aromatic nitrogens is 1. The van der Waals surface area contributed by atoms with Crippen molar-refractivity contribution in [3.8, 4) is 0 Å². The average molecular weight is 260 g/mol. The van der Waals surface area contributed by atoms with E-state index < -0.39 is 11.5 Å². The third kappa shape index (κ3) is 2.16. The lowest BCUT2D eigenvalue weighted by Gasteiger charge is -2.33. The van der Waals surface area contributed by atoms with E-state index in [1.54, 1.807) is 0 Å². The number of carbonyl (C=O) groups is 1. The molecule has 1 aliphatic rings.